The van der Waals surface area contributed by atoms with Crippen molar-refractivity contribution in [3.63, 3.8) is 0 Å². The highest BCUT2D eigenvalue weighted by Gasteiger charge is 2.38. The summed E-state index contributed by atoms with van der Waals surface area (Å²) >= 11 is 3.43. The molecule has 1 heterocycles. The molecule has 2 rings (SSSR count). The van der Waals surface area contributed by atoms with E-state index >= 15 is 0 Å². The van der Waals surface area contributed by atoms with Gasteiger partial charge in [0.1, 0.15) is 12.1 Å². The number of nitrogens with zero attached hydrogens (tertiary/aromatic N) is 2. The SMILES string of the molecule is CC(C)(Nc1ncncc1Br)C1CC1. The molecular formula is C10H14BrN3. The lowest BCUT2D eigenvalue weighted by Crippen LogP contribution is -2.33. The average molecular weight is 256 g/mol. The lowest BCUT2D eigenvalue weighted by atomic mass is 9.99. The smallest absolute Gasteiger partial charge is 0.144 e. The van der Waals surface area contributed by atoms with Crippen LogP contribution in [-0.4, -0.2) is 15.5 Å². The van der Waals surface area contributed by atoms with E-state index in [9.17, 15) is 0 Å². The lowest BCUT2D eigenvalue weighted by Gasteiger charge is -2.27. The Labute approximate surface area is 92.5 Å². The highest BCUT2D eigenvalue weighted by Crippen LogP contribution is 2.41. The summed E-state index contributed by atoms with van der Waals surface area (Å²) < 4.78 is 0.925. The zero-order valence-corrected chi connectivity index (χ0v) is 10.0. The van der Waals surface area contributed by atoms with Crippen LogP contribution >= 0.6 is 15.9 Å². The van der Waals surface area contributed by atoms with E-state index in [0.717, 1.165) is 16.2 Å². The Morgan fingerprint density at radius 3 is 2.79 bits per heavy atom. The average Bonchev–Trinajstić information content (AvgIpc) is 2.91. The van der Waals surface area contributed by atoms with Gasteiger partial charge in [0.2, 0.25) is 0 Å². The number of aromatic nitrogens is 2. The Bertz CT molecular complexity index is 334. The van der Waals surface area contributed by atoms with Gasteiger partial charge in [0.05, 0.1) is 4.47 Å². The fraction of sp³-hybridized carbons (Fsp3) is 0.600. The summed E-state index contributed by atoms with van der Waals surface area (Å²) in [6.45, 7) is 4.44. The molecule has 0 spiro atoms. The number of anilines is 1. The van der Waals surface area contributed by atoms with E-state index in [2.05, 4.69) is 45.1 Å². The van der Waals surface area contributed by atoms with E-state index in [0.29, 0.717) is 0 Å². The zero-order chi connectivity index (χ0) is 10.2. The molecule has 1 aliphatic carbocycles. The van der Waals surface area contributed by atoms with Gasteiger partial charge in [0.25, 0.3) is 0 Å². The van der Waals surface area contributed by atoms with Gasteiger partial charge in [-0.15, -0.1) is 0 Å². The molecule has 1 fully saturated rings. The third-order valence-corrected chi connectivity index (χ3v) is 3.29. The monoisotopic (exact) mass is 255 g/mol. The van der Waals surface area contributed by atoms with Crippen molar-refractivity contribution in [3.05, 3.63) is 17.0 Å². The van der Waals surface area contributed by atoms with E-state index in [-0.39, 0.29) is 5.54 Å². The van der Waals surface area contributed by atoms with Crippen LogP contribution in [0.2, 0.25) is 0 Å². The van der Waals surface area contributed by atoms with Crippen LogP contribution in [-0.2, 0) is 0 Å². The summed E-state index contributed by atoms with van der Waals surface area (Å²) in [5.74, 6) is 1.67. The minimum absolute atomic E-state index is 0.136. The molecule has 76 valence electrons. The summed E-state index contributed by atoms with van der Waals surface area (Å²) in [4.78, 5) is 8.14. The van der Waals surface area contributed by atoms with Gasteiger partial charge in [-0.2, -0.15) is 0 Å². The van der Waals surface area contributed by atoms with Crippen molar-refractivity contribution in [2.45, 2.75) is 32.2 Å². The van der Waals surface area contributed by atoms with Crippen LogP contribution in [0.5, 0.6) is 0 Å². The Balaban J connectivity index is 2.13. The van der Waals surface area contributed by atoms with E-state index in [4.69, 9.17) is 0 Å². The van der Waals surface area contributed by atoms with Crippen LogP contribution in [0.25, 0.3) is 0 Å². The van der Waals surface area contributed by atoms with Crippen LogP contribution in [0.3, 0.4) is 0 Å². The molecule has 0 aliphatic heterocycles. The fourth-order valence-electron chi connectivity index (χ4n) is 1.62. The lowest BCUT2D eigenvalue weighted by molar-refractivity contribution is 0.492. The van der Waals surface area contributed by atoms with Crippen molar-refractivity contribution in [1.82, 2.24) is 9.97 Å². The maximum Gasteiger partial charge on any atom is 0.144 e. The zero-order valence-electron chi connectivity index (χ0n) is 8.42. The minimum Gasteiger partial charge on any atom is -0.364 e. The normalized spacial score (nSPS) is 16.8. The van der Waals surface area contributed by atoms with Crippen molar-refractivity contribution in [1.29, 1.82) is 0 Å². The Morgan fingerprint density at radius 2 is 2.21 bits per heavy atom. The predicted molar refractivity (Wildman–Crippen MR) is 60.2 cm³/mol. The summed E-state index contributed by atoms with van der Waals surface area (Å²) in [7, 11) is 0. The number of halogens is 1. The maximum atomic E-state index is 4.20. The van der Waals surface area contributed by atoms with Gasteiger partial charge in [0, 0.05) is 11.7 Å². The second kappa shape index (κ2) is 3.50. The number of hydrogen-bond acceptors (Lipinski definition) is 3. The first-order valence-corrected chi connectivity index (χ1v) is 5.62. The Hall–Kier alpha value is -0.640. The molecule has 0 atom stereocenters. The second-order valence-electron chi connectivity index (χ2n) is 4.34. The van der Waals surface area contributed by atoms with Crippen molar-refractivity contribution in [2.24, 2.45) is 5.92 Å². The molecule has 0 bridgehead atoms. The molecule has 3 nitrogen and oxygen atoms in total. The first-order valence-electron chi connectivity index (χ1n) is 4.83. The molecule has 0 aromatic carbocycles. The van der Waals surface area contributed by atoms with Gasteiger partial charge in [-0.05, 0) is 48.5 Å². The van der Waals surface area contributed by atoms with Gasteiger partial charge in [-0.1, -0.05) is 0 Å². The van der Waals surface area contributed by atoms with Crippen LogP contribution < -0.4 is 5.32 Å². The van der Waals surface area contributed by atoms with E-state index < -0.39 is 0 Å². The van der Waals surface area contributed by atoms with Crippen molar-refractivity contribution >= 4 is 21.7 Å². The van der Waals surface area contributed by atoms with E-state index in [1.54, 1.807) is 12.5 Å². The minimum atomic E-state index is 0.136. The van der Waals surface area contributed by atoms with Gasteiger partial charge in [0.15, 0.2) is 0 Å². The molecule has 0 amide bonds. The molecule has 0 unspecified atom stereocenters. The van der Waals surface area contributed by atoms with Gasteiger partial charge < -0.3 is 5.32 Å². The van der Waals surface area contributed by atoms with Gasteiger partial charge >= 0.3 is 0 Å². The maximum absolute atomic E-state index is 4.20. The highest BCUT2D eigenvalue weighted by molar-refractivity contribution is 9.10. The standard InChI is InChI=1S/C10H14BrN3/c1-10(2,7-3-4-7)14-9-8(11)5-12-6-13-9/h5-7H,3-4H2,1-2H3,(H,12,13,14). The predicted octanol–water partition coefficient (Wildman–Crippen LogP) is 2.84. The topological polar surface area (TPSA) is 37.8 Å². The molecular weight excluding hydrogens is 242 g/mol. The van der Waals surface area contributed by atoms with Crippen molar-refractivity contribution in [3.8, 4) is 0 Å². The second-order valence-corrected chi connectivity index (χ2v) is 5.19. The van der Waals surface area contributed by atoms with Crippen molar-refractivity contribution in [2.75, 3.05) is 5.32 Å². The van der Waals surface area contributed by atoms with Crippen LogP contribution in [0, 0.1) is 5.92 Å². The van der Waals surface area contributed by atoms with E-state index in [1.807, 2.05) is 0 Å². The molecule has 1 aromatic rings. The Kier molecular flexibility index (Phi) is 2.47. The van der Waals surface area contributed by atoms with Crippen LogP contribution in [0.4, 0.5) is 5.82 Å². The molecule has 14 heavy (non-hydrogen) atoms. The molecule has 4 heteroatoms. The fourth-order valence-corrected chi connectivity index (χ4v) is 1.94. The van der Waals surface area contributed by atoms with Crippen molar-refractivity contribution < 1.29 is 0 Å². The summed E-state index contributed by atoms with van der Waals surface area (Å²) in [5.41, 5.74) is 0.136. The molecule has 1 aliphatic rings. The highest BCUT2D eigenvalue weighted by atomic mass is 79.9. The third-order valence-electron chi connectivity index (χ3n) is 2.71. The number of hydrogen-bond donors (Lipinski definition) is 1. The largest absolute Gasteiger partial charge is 0.364 e. The molecule has 0 radical (unpaired) electrons. The molecule has 1 saturated carbocycles. The number of nitrogens with one attached hydrogen (secondary N) is 1. The third kappa shape index (κ3) is 2.05. The van der Waals surface area contributed by atoms with E-state index in [1.165, 1.54) is 12.8 Å². The molecule has 1 aromatic heterocycles. The van der Waals surface area contributed by atoms with Gasteiger partial charge in [-0.3, -0.25) is 0 Å². The summed E-state index contributed by atoms with van der Waals surface area (Å²) in [6, 6.07) is 0. The Morgan fingerprint density at radius 1 is 1.50 bits per heavy atom. The molecule has 1 N–H and O–H groups in total. The van der Waals surface area contributed by atoms with Crippen LogP contribution in [0.15, 0.2) is 17.0 Å². The quantitative estimate of drug-likeness (QED) is 0.903. The summed E-state index contributed by atoms with van der Waals surface area (Å²) in [6.07, 6.45) is 5.97. The first kappa shape index (κ1) is 9.90. The summed E-state index contributed by atoms with van der Waals surface area (Å²) in [5, 5.41) is 3.45. The van der Waals surface area contributed by atoms with Crippen LogP contribution in [0.1, 0.15) is 26.7 Å². The number of rotatable bonds is 3. The molecule has 0 saturated heterocycles. The van der Waals surface area contributed by atoms with Gasteiger partial charge in [-0.25, -0.2) is 9.97 Å². The first-order chi connectivity index (χ1) is 6.59.